The zero-order valence-electron chi connectivity index (χ0n) is 12.0. The molecular formula is C15H32BrN. The lowest BCUT2D eigenvalue weighted by molar-refractivity contribution is 0.279. The molecule has 1 nitrogen and oxygen atoms in total. The fraction of sp³-hybridized carbons (Fsp3) is 1.00. The van der Waals surface area contributed by atoms with E-state index in [1.54, 1.807) is 0 Å². The van der Waals surface area contributed by atoms with Crippen molar-refractivity contribution in [1.82, 2.24) is 4.90 Å². The summed E-state index contributed by atoms with van der Waals surface area (Å²) in [4.78, 5) is 2.62. The summed E-state index contributed by atoms with van der Waals surface area (Å²) in [5.41, 5.74) is 0. The standard InChI is InChI=1S/C15H32BrN/c1-3-5-7-8-9-10-11-14-17(15-12-16)13-6-4-2/h3-15H2,1-2H3. The topological polar surface area (TPSA) is 3.24 Å². The molecular weight excluding hydrogens is 274 g/mol. The van der Waals surface area contributed by atoms with Crippen molar-refractivity contribution < 1.29 is 0 Å². The van der Waals surface area contributed by atoms with Gasteiger partial charge in [-0.1, -0.05) is 74.7 Å². The van der Waals surface area contributed by atoms with Crippen LogP contribution in [0.5, 0.6) is 0 Å². The van der Waals surface area contributed by atoms with Gasteiger partial charge in [-0.15, -0.1) is 0 Å². The summed E-state index contributed by atoms with van der Waals surface area (Å²) in [6, 6.07) is 0. The lowest BCUT2D eigenvalue weighted by Crippen LogP contribution is -2.28. The highest BCUT2D eigenvalue weighted by Crippen LogP contribution is 2.08. The summed E-state index contributed by atoms with van der Waals surface area (Å²) in [6.45, 7) is 8.37. The van der Waals surface area contributed by atoms with Crippen molar-refractivity contribution in [3.8, 4) is 0 Å². The van der Waals surface area contributed by atoms with Gasteiger partial charge in [0.2, 0.25) is 0 Å². The molecule has 0 aromatic rings. The molecule has 0 unspecified atom stereocenters. The van der Waals surface area contributed by atoms with Gasteiger partial charge in [-0.3, -0.25) is 0 Å². The molecule has 0 atom stereocenters. The molecule has 0 saturated heterocycles. The Morgan fingerprint density at radius 1 is 0.647 bits per heavy atom. The maximum absolute atomic E-state index is 3.55. The molecule has 0 spiro atoms. The minimum atomic E-state index is 1.12. The van der Waals surface area contributed by atoms with Crippen LogP contribution in [0, 0.1) is 0 Å². The minimum absolute atomic E-state index is 1.12. The quantitative estimate of drug-likeness (QED) is 0.332. The number of halogens is 1. The summed E-state index contributed by atoms with van der Waals surface area (Å²) in [5, 5.41) is 1.12. The molecule has 0 heterocycles. The van der Waals surface area contributed by atoms with E-state index in [-0.39, 0.29) is 0 Å². The van der Waals surface area contributed by atoms with Gasteiger partial charge in [-0.2, -0.15) is 0 Å². The van der Waals surface area contributed by atoms with Gasteiger partial charge in [0.1, 0.15) is 0 Å². The molecule has 0 amide bonds. The first-order valence-corrected chi connectivity index (χ1v) is 8.75. The highest BCUT2D eigenvalue weighted by atomic mass is 79.9. The normalized spacial score (nSPS) is 11.3. The van der Waals surface area contributed by atoms with E-state index in [0.29, 0.717) is 0 Å². The molecule has 0 fully saturated rings. The summed E-state index contributed by atoms with van der Waals surface area (Å²) >= 11 is 3.55. The number of unbranched alkanes of at least 4 members (excludes halogenated alkanes) is 7. The van der Waals surface area contributed by atoms with Crippen molar-refractivity contribution in [3.63, 3.8) is 0 Å². The second-order valence-corrected chi connectivity index (χ2v) is 5.80. The predicted molar refractivity (Wildman–Crippen MR) is 83.1 cm³/mol. The molecule has 0 radical (unpaired) electrons. The maximum Gasteiger partial charge on any atom is 0.0159 e. The number of rotatable bonds is 13. The second-order valence-electron chi connectivity index (χ2n) is 5.01. The van der Waals surface area contributed by atoms with Crippen molar-refractivity contribution in [3.05, 3.63) is 0 Å². The van der Waals surface area contributed by atoms with Gasteiger partial charge in [0.25, 0.3) is 0 Å². The van der Waals surface area contributed by atoms with Crippen molar-refractivity contribution in [1.29, 1.82) is 0 Å². The van der Waals surface area contributed by atoms with Crippen LogP contribution in [0.1, 0.15) is 71.6 Å². The van der Waals surface area contributed by atoms with Crippen molar-refractivity contribution in [2.24, 2.45) is 0 Å². The van der Waals surface area contributed by atoms with Crippen LogP contribution in [0.25, 0.3) is 0 Å². The molecule has 0 N–H and O–H groups in total. The van der Waals surface area contributed by atoms with Gasteiger partial charge >= 0.3 is 0 Å². The van der Waals surface area contributed by atoms with Crippen LogP contribution >= 0.6 is 15.9 Å². The van der Waals surface area contributed by atoms with Crippen LogP contribution in [0.2, 0.25) is 0 Å². The number of hydrogen-bond acceptors (Lipinski definition) is 1. The van der Waals surface area contributed by atoms with E-state index in [4.69, 9.17) is 0 Å². The third-order valence-corrected chi connectivity index (χ3v) is 3.66. The molecule has 0 aliphatic carbocycles. The van der Waals surface area contributed by atoms with E-state index in [0.717, 1.165) is 5.33 Å². The van der Waals surface area contributed by atoms with Gasteiger partial charge in [-0.25, -0.2) is 0 Å². The molecule has 104 valence electrons. The van der Waals surface area contributed by atoms with Crippen LogP contribution in [0.15, 0.2) is 0 Å². The van der Waals surface area contributed by atoms with Crippen LogP contribution in [0.3, 0.4) is 0 Å². The van der Waals surface area contributed by atoms with E-state index in [2.05, 4.69) is 34.7 Å². The van der Waals surface area contributed by atoms with Crippen molar-refractivity contribution in [2.45, 2.75) is 71.6 Å². The summed E-state index contributed by atoms with van der Waals surface area (Å²) in [5.74, 6) is 0. The largest absolute Gasteiger partial charge is 0.303 e. The first-order valence-electron chi connectivity index (χ1n) is 7.63. The molecule has 0 aromatic heterocycles. The number of hydrogen-bond donors (Lipinski definition) is 0. The van der Waals surface area contributed by atoms with Crippen molar-refractivity contribution in [2.75, 3.05) is 25.0 Å². The fourth-order valence-electron chi connectivity index (χ4n) is 2.13. The van der Waals surface area contributed by atoms with Gasteiger partial charge in [0, 0.05) is 11.9 Å². The highest BCUT2D eigenvalue weighted by molar-refractivity contribution is 9.09. The third kappa shape index (κ3) is 12.7. The Labute approximate surface area is 117 Å². The smallest absolute Gasteiger partial charge is 0.0159 e. The molecule has 0 aliphatic rings. The van der Waals surface area contributed by atoms with Crippen LogP contribution in [0.4, 0.5) is 0 Å². The van der Waals surface area contributed by atoms with E-state index >= 15 is 0 Å². The van der Waals surface area contributed by atoms with Gasteiger partial charge in [0.05, 0.1) is 0 Å². The average Bonchev–Trinajstić information content (AvgIpc) is 2.34. The molecule has 0 aromatic carbocycles. The van der Waals surface area contributed by atoms with E-state index in [1.165, 1.54) is 77.4 Å². The lowest BCUT2D eigenvalue weighted by atomic mass is 10.1. The van der Waals surface area contributed by atoms with Crippen LogP contribution < -0.4 is 0 Å². The molecule has 17 heavy (non-hydrogen) atoms. The first-order chi connectivity index (χ1) is 8.35. The Hall–Kier alpha value is 0.440. The third-order valence-electron chi connectivity index (χ3n) is 3.31. The zero-order valence-corrected chi connectivity index (χ0v) is 13.6. The SMILES string of the molecule is CCCCCCCCCN(CCBr)CCCC. The summed E-state index contributed by atoms with van der Waals surface area (Å²) < 4.78 is 0. The predicted octanol–water partition coefficient (Wildman–Crippen LogP) is 5.23. The second kappa shape index (κ2) is 14.5. The van der Waals surface area contributed by atoms with Gasteiger partial charge in [0.15, 0.2) is 0 Å². The lowest BCUT2D eigenvalue weighted by Gasteiger charge is -2.20. The van der Waals surface area contributed by atoms with Crippen LogP contribution in [-0.4, -0.2) is 29.9 Å². The molecule has 0 saturated carbocycles. The Kier molecular flexibility index (Phi) is 14.9. The highest BCUT2D eigenvalue weighted by Gasteiger charge is 2.02. The Bertz CT molecular complexity index is 139. The molecule has 0 rings (SSSR count). The maximum atomic E-state index is 3.55. The van der Waals surface area contributed by atoms with Gasteiger partial charge in [-0.05, 0) is 25.9 Å². The zero-order chi connectivity index (χ0) is 12.8. The Morgan fingerprint density at radius 2 is 1.18 bits per heavy atom. The van der Waals surface area contributed by atoms with Crippen molar-refractivity contribution >= 4 is 15.9 Å². The minimum Gasteiger partial charge on any atom is -0.303 e. The average molecular weight is 306 g/mol. The van der Waals surface area contributed by atoms with Gasteiger partial charge < -0.3 is 4.90 Å². The number of nitrogens with zero attached hydrogens (tertiary/aromatic N) is 1. The fourth-order valence-corrected chi connectivity index (χ4v) is 2.63. The molecule has 0 bridgehead atoms. The summed E-state index contributed by atoms with van der Waals surface area (Å²) in [6.07, 6.45) is 12.6. The monoisotopic (exact) mass is 305 g/mol. The molecule has 0 aliphatic heterocycles. The van der Waals surface area contributed by atoms with E-state index in [9.17, 15) is 0 Å². The number of alkyl halides is 1. The molecule has 2 heteroatoms. The summed E-state index contributed by atoms with van der Waals surface area (Å²) in [7, 11) is 0. The Balaban J connectivity index is 3.34. The van der Waals surface area contributed by atoms with Crippen LogP contribution in [-0.2, 0) is 0 Å². The van der Waals surface area contributed by atoms with E-state index < -0.39 is 0 Å². The van der Waals surface area contributed by atoms with E-state index in [1.807, 2.05) is 0 Å². The Morgan fingerprint density at radius 3 is 1.76 bits per heavy atom. The first kappa shape index (κ1) is 17.4.